The summed E-state index contributed by atoms with van der Waals surface area (Å²) in [6.45, 7) is 1.81. The third kappa shape index (κ3) is 3.91. The Balaban J connectivity index is 1.75. The number of rotatable bonds is 3. The van der Waals surface area contributed by atoms with Crippen LogP contribution in [0.5, 0.6) is 5.75 Å². The zero-order chi connectivity index (χ0) is 22.3. The second-order valence-corrected chi connectivity index (χ2v) is 7.55. The van der Waals surface area contributed by atoms with Crippen LogP contribution in [0.15, 0.2) is 65.5 Å². The van der Waals surface area contributed by atoms with Gasteiger partial charge in [-0.25, -0.2) is 0 Å². The van der Waals surface area contributed by atoms with Crippen molar-refractivity contribution < 1.29 is 17.9 Å². The maximum absolute atomic E-state index is 13.2. The summed E-state index contributed by atoms with van der Waals surface area (Å²) in [5.41, 5.74) is 3.05. The highest BCUT2D eigenvalue weighted by Gasteiger charge is 2.29. The number of hydrogen-bond acceptors (Lipinski definition) is 2. The number of benzene rings is 3. The average Bonchev–Trinajstić information content (AvgIpc) is 2.74. The van der Waals surface area contributed by atoms with Gasteiger partial charge in [0, 0.05) is 22.7 Å². The van der Waals surface area contributed by atoms with Gasteiger partial charge >= 0.3 is 6.18 Å². The lowest BCUT2D eigenvalue weighted by Gasteiger charge is -2.11. The first kappa shape index (κ1) is 21.0. The molecule has 0 spiro atoms. The molecule has 31 heavy (non-hydrogen) atoms. The van der Waals surface area contributed by atoms with Crippen molar-refractivity contribution in [1.29, 1.82) is 0 Å². The minimum absolute atomic E-state index is 0.168. The Morgan fingerprint density at radius 2 is 1.45 bits per heavy atom. The zero-order valence-electron chi connectivity index (χ0n) is 16.6. The maximum atomic E-state index is 13.2. The molecule has 4 rings (SSSR count). The van der Waals surface area contributed by atoms with E-state index in [1.54, 1.807) is 43.3 Å². The van der Waals surface area contributed by atoms with E-state index in [9.17, 15) is 18.0 Å². The highest BCUT2D eigenvalue weighted by atomic mass is 35.5. The second-order valence-electron chi connectivity index (χ2n) is 7.14. The van der Waals surface area contributed by atoms with Crippen molar-refractivity contribution in [2.45, 2.75) is 13.1 Å². The second kappa shape index (κ2) is 7.78. The van der Waals surface area contributed by atoms with Crippen LogP contribution in [0, 0.1) is 6.92 Å². The quantitative estimate of drug-likeness (QED) is 0.376. The molecule has 0 aliphatic heterocycles. The number of aromatic amines is 1. The Labute approximate surface area is 181 Å². The topological polar surface area (TPSA) is 42.1 Å². The molecule has 3 aromatic carbocycles. The Morgan fingerprint density at radius 1 is 0.903 bits per heavy atom. The van der Waals surface area contributed by atoms with E-state index in [0.717, 1.165) is 17.7 Å². The zero-order valence-corrected chi connectivity index (χ0v) is 17.4. The summed E-state index contributed by atoms with van der Waals surface area (Å²) in [5, 5.41) is 0.783. The molecular formula is C24H17ClF3NO2. The molecule has 0 unspecified atom stereocenters. The van der Waals surface area contributed by atoms with E-state index in [4.69, 9.17) is 16.3 Å². The van der Waals surface area contributed by atoms with Gasteiger partial charge in [0.15, 0.2) is 5.43 Å². The number of H-pyrrole nitrogens is 1. The van der Waals surface area contributed by atoms with Crippen LogP contribution in [-0.2, 0) is 6.18 Å². The van der Waals surface area contributed by atoms with Crippen LogP contribution in [0.1, 0.15) is 11.3 Å². The van der Waals surface area contributed by atoms with E-state index in [1.807, 2.05) is 0 Å². The van der Waals surface area contributed by atoms with Crippen molar-refractivity contribution in [2.24, 2.45) is 0 Å². The number of nitrogens with one attached hydrogen (secondary N) is 1. The molecule has 0 atom stereocenters. The molecule has 0 saturated heterocycles. The Hall–Kier alpha value is -3.25. The lowest BCUT2D eigenvalue weighted by molar-refractivity contribution is -0.137. The maximum Gasteiger partial charge on any atom is 0.416 e. The minimum atomic E-state index is -4.37. The first-order valence-corrected chi connectivity index (χ1v) is 9.75. The van der Waals surface area contributed by atoms with Crippen LogP contribution >= 0.6 is 11.6 Å². The molecule has 1 heterocycles. The molecule has 4 aromatic rings. The summed E-state index contributed by atoms with van der Waals surface area (Å²) >= 11 is 6.19. The predicted octanol–water partition coefficient (Wildman–Crippen LogP) is 6.85. The average molecular weight is 444 g/mol. The standard InChI is InChI=1S/C24H17ClF3NO2/c1-13-22(23(30)18-11-19(25)21(31-2)12-20(18)29-13)16-5-3-14(4-6-16)15-7-9-17(10-8-15)24(26,27)28/h3-12H,1-2H3,(H,29,30). The van der Waals surface area contributed by atoms with Crippen LogP contribution in [0.4, 0.5) is 13.2 Å². The van der Waals surface area contributed by atoms with E-state index in [2.05, 4.69) is 4.98 Å². The van der Waals surface area contributed by atoms with Crippen molar-refractivity contribution in [3.05, 3.63) is 87.2 Å². The van der Waals surface area contributed by atoms with Gasteiger partial charge in [0.25, 0.3) is 0 Å². The molecule has 1 N–H and O–H groups in total. The van der Waals surface area contributed by atoms with Gasteiger partial charge < -0.3 is 9.72 Å². The van der Waals surface area contributed by atoms with Crippen molar-refractivity contribution >= 4 is 22.5 Å². The predicted molar refractivity (Wildman–Crippen MR) is 117 cm³/mol. The van der Waals surface area contributed by atoms with Crippen LogP contribution in [-0.4, -0.2) is 12.1 Å². The van der Waals surface area contributed by atoms with Crippen LogP contribution in [0.2, 0.25) is 5.02 Å². The number of pyridine rings is 1. The number of methoxy groups -OCH3 is 1. The molecule has 0 fully saturated rings. The number of aryl methyl sites for hydroxylation is 1. The van der Waals surface area contributed by atoms with E-state index < -0.39 is 11.7 Å². The van der Waals surface area contributed by atoms with Gasteiger partial charge in [0.1, 0.15) is 5.75 Å². The molecule has 0 aliphatic rings. The summed E-state index contributed by atoms with van der Waals surface area (Å²) in [5.74, 6) is 0.470. The summed E-state index contributed by atoms with van der Waals surface area (Å²) in [6, 6.07) is 15.4. The first-order chi connectivity index (χ1) is 14.7. The molecular weight excluding hydrogens is 427 g/mol. The summed E-state index contributed by atoms with van der Waals surface area (Å²) in [6.07, 6.45) is -4.37. The highest BCUT2D eigenvalue weighted by Crippen LogP contribution is 2.33. The largest absolute Gasteiger partial charge is 0.495 e. The number of hydrogen-bond donors (Lipinski definition) is 1. The molecule has 0 saturated carbocycles. The molecule has 0 bridgehead atoms. The number of aromatic nitrogens is 1. The minimum Gasteiger partial charge on any atom is -0.495 e. The van der Waals surface area contributed by atoms with Gasteiger partial charge in [0.2, 0.25) is 0 Å². The fraction of sp³-hybridized carbons (Fsp3) is 0.125. The summed E-state index contributed by atoms with van der Waals surface area (Å²) < 4.78 is 43.5. The van der Waals surface area contributed by atoms with Gasteiger partial charge in [-0.3, -0.25) is 4.79 Å². The van der Waals surface area contributed by atoms with Crippen molar-refractivity contribution in [3.63, 3.8) is 0 Å². The van der Waals surface area contributed by atoms with Crippen LogP contribution in [0.25, 0.3) is 33.2 Å². The molecule has 158 valence electrons. The van der Waals surface area contributed by atoms with Gasteiger partial charge in [0.05, 0.1) is 23.2 Å². The first-order valence-electron chi connectivity index (χ1n) is 9.37. The molecule has 0 aliphatic carbocycles. The summed E-state index contributed by atoms with van der Waals surface area (Å²) in [7, 11) is 1.50. The molecule has 1 aromatic heterocycles. The highest BCUT2D eigenvalue weighted by molar-refractivity contribution is 6.32. The fourth-order valence-corrected chi connectivity index (χ4v) is 3.84. The monoisotopic (exact) mass is 443 g/mol. The lowest BCUT2D eigenvalue weighted by atomic mass is 9.97. The SMILES string of the molecule is COc1cc2[nH]c(C)c(-c3ccc(-c4ccc(C(F)(F)F)cc4)cc3)c(=O)c2cc1Cl. The van der Waals surface area contributed by atoms with Gasteiger partial charge in [-0.05, 0) is 41.8 Å². The number of alkyl halides is 3. The third-order valence-corrected chi connectivity index (χ3v) is 5.48. The molecule has 3 nitrogen and oxygen atoms in total. The van der Waals surface area contributed by atoms with Gasteiger partial charge in [-0.1, -0.05) is 48.0 Å². The van der Waals surface area contributed by atoms with E-state index in [-0.39, 0.29) is 5.43 Å². The Bertz CT molecular complexity index is 1330. The molecule has 0 amide bonds. The van der Waals surface area contributed by atoms with Crippen LogP contribution in [0.3, 0.4) is 0 Å². The van der Waals surface area contributed by atoms with Crippen molar-refractivity contribution in [3.8, 4) is 28.0 Å². The van der Waals surface area contributed by atoms with Gasteiger partial charge in [-0.15, -0.1) is 0 Å². The Kier molecular flexibility index (Phi) is 5.27. The third-order valence-electron chi connectivity index (χ3n) is 5.18. The Morgan fingerprint density at radius 3 is 2.00 bits per heavy atom. The van der Waals surface area contributed by atoms with E-state index in [0.29, 0.717) is 44.1 Å². The van der Waals surface area contributed by atoms with Crippen molar-refractivity contribution in [1.82, 2.24) is 4.98 Å². The number of halogens is 4. The van der Waals surface area contributed by atoms with Crippen LogP contribution < -0.4 is 10.2 Å². The fourth-order valence-electron chi connectivity index (χ4n) is 3.60. The molecule has 0 radical (unpaired) electrons. The summed E-state index contributed by atoms with van der Waals surface area (Å²) in [4.78, 5) is 16.4. The van der Waals surface area contributed by atoms with Gasteiger partial charge in [-0.2, -0.15) is 13.2 Å². The number of ether oxygens (including phenoxy) is 1. The lowest BCUT2D eigenvalue weighted by Crippen LogP contribution is -2.10. The van der Waals surface area contributed by atoms with Crippen molar-refractivity contribution in [2.75, 3.05) is 7.11 Å². The number of fused-ring (bicyclic) bond motifs is 1. The molecule has 7 heteroatoms. The van der Waals surface area contributed by atoms with E-state index in [1.165, 1.54) is 19.2 Å². The smallest absolute Gasteiger partial charge is 0.416 e. The van der Waals surface area contributed by atoms with E-state index >= 15 is 0 Å². The normalized spacial score (nSPS) is 11.7.